The molecule has 0 aliphatic rings. The molecule has 7 heteroatoms. The lowest BCUT2D eigenvalue weighted by molar-refractivity contribution is 0.0950. The van der Waals surface area contributed by atoms with Gasteiger partial charge in [0.1, 0.15) is 11.5 Å². The third kappa shape index (κ3) is 3.15. The highest BCUT2D eigenvalue weighted by Crippen LogP contribution is 2.19. The van der Waals surface area contributed by atoms with Gasteiger partial charge in [-0.2, -0.15) is 0 Å². The monoisotopic (exact) mass is 282 g/mol. The average molecular weight is 283 g/mol. The lowest BCUT2D eigenvalue weighted by Gasteiger charge is -2.05. The summed E-state index contributed by atoms with van der Waals surface area (Å²) in [6.07, 6.45) is 4.39. The molecule has 0 saturated carbocycles. The van der Waals surface area contributed by atoms with E-state index in [2.05, 4.69) is 20.3 Å². The van der Waals surface area contributed by atoms with Crippen molar-refractivity contribution in [1.29, 1.82) is 0 Å². The van der Waals surface area contributed by atoms with Crippen LogP contribution >= 0.6 is 23.2 Å². The van der Waals surface area contributed by atoms with Gasteiger partial charge in [0.2, 0.25) is 0 Å². The molecule has 92 valence electrons. The van der Waals surface area contributed by atoms with Crippen LogP contribution in [0.4, 0.5) is 0 Å². The summed E-state index contributed by atoms with van der Waals surface area (Å²) in [6, 6.07) is 3.18. The Kier molecular flexibility index (Phi) is 4.07. The number of hydrogen-bond acceptors (Lipinski definition) is 4. The molecule has 0 unspecified atom stereocenters. The van der Waals surface area contributed by atoms with Crippen LogP contribution in [-0.2, 0) is 6.54 Å². The van der Waals surface area contributed by atoms with Crippen LogP contribution in [0, 0.1) is 0 Å². The smallest absolute Gasteiger partial charge is 0.253 e. The third-order valence-electron chi connectivity index (χ3n) is 2.13. The first kappa shape index (κ1) is 12.7. The minimum absolute atomic E-state index is 0.170. The minimum atomic E-state index is -0.292. The maximum atomic E-state index is 11.8. The van der Waals surface area contributed by atoms with Crippen LogP contribution < -0.4 is 5.32 Å². The Labute approximate surface area is 113 Å². The lowest BCUT2D eigenvalue weighted by atomic mass is 10.2. The zero-order valence-electron chi connectivity index (χ0n) is 9.10. The molecule has 2 aromatic heterocycles. The van der Waals surface area contributed by atoms with Crippen LogP contribution in [0.3, 0.4) is 0 Å². The van der Waals surface area contributed by atoms with Gasteiger partial charge in [-0.25, -0.2) is 15.0 Å². The number of carbonyl (C=O) groups excluding carboxylic acids is 1. The number of carbonyl (C=O) groups is 1. The van der Waals surface area contributed by atoms with E-state index in [0.29, 0.717) is 17.8 Å². The number of pyridine rings is 1. The Morgan fingerprint density at radius 3 is 2.83 bits per heavy atom. The highest BCUT2D eigenvalue weighted by atomic mass is 35.5. The van der Waals surface area contributed by atoms with Crippen molar-refractivity contribution in [2.45, 2.75) is 6.54 Å². The SMILES string of the molecule is O=C(NCc1ccncn1)c1cnc(Cl)c(Cl)c1. The molecule has 0 spiro atoms. The third-order valence-corrected chi connectivity index (χ3v) is 2.82. The zero-order chi connectivity index (χ0) is 13.0. The molecule has 1 amide bonds. The normalized spacial score (nSPS) is 10.1. The summed E-state index contributed by atoms with van der Waals surface area (Å²) >= 11 is 11.4. The zero-order valence-corrected chi connectivity index (χ0v) is 10.6. The highest BCUT2D eigenvalue weighted by Gasteiger charge is 2.08. The summed E-state index contributed by atoms with van der Waals surface area (Å²) in [6.45, 7) is 0.307. The van der Waals surface area contributed by atoms with Crippen molar-refractivity contribution in [3.63, 3.8) is 0 Å². The number of nitrogens with one attached hydrogen (secondary N) is 1. The Balaban J connectivity index is 2.02. The first-order chi connectivity index (χ1) is 8.66. The Bertz CT molecular complexity index is 562. The first-order valence-electron chi connectivity index (χ1n) is 5.01. The van der Waals surface area contributed by atoms with Crippen molar-refractivity contribution in [2.75, 3.05) is 0 Å². The number of amides is 1. The van der Waals surface area contributed by atoms with E-state index in [9.17, 15) is 4.79 Å². The molecule has 2 aromatic rings. The molecule has 2 rings (SSSR count). The van der Waals surface area contributed by atoms with E-state index in [-0.39, 0.29) is 16.1 Å². The molecule has 18 heavy (non-hydrogen) atoms. The van der Waals surface area contributed by atoms with Crippen LogP contribution in [0.5, 0.6) is 0 Å². The van der Waals surface area contributed by atoms with E-state index < -0.39 is 0 Å². The predicted octanol–water partition coefficient (Wildman–Crippen LogP) is 2.11. The van der Waals surface area contributed by atoms with E-state index in [1.165, 1.54) is 18.6 Å². The summed E-state index contributed by atoms with van der Waals surface area (Å²) < 4.78 is 0. The van der Waals surface area contributed by atoms with Gasteiger partial charge in [0.15, 0.2) is 0 Å². The van der Waals surface area contributed by atoms with E-state index in [1.807, 2.05) is 0 Å². The molecule has 0 aromatic carbocycles. The second-order valence-corrected chi connectivity index (χ2v) is 4.15. The van der Waals surface area contributed by atoms with Crippen molar-refractivity contribution in [3.05, 3.63) is 52.3 Å². The van der Waals surface area contributed by atoms with E-state index in [1.54, 1.807) is 12.3 Å². The molecule has 1 N–H and O–H groups in total. The largest absolute Gasteiger partial charge is 0.346 e. The van der Waals surface area contributed by atoms with E-state index in [0.717, 1.165) is 0 Å². The number of hydrogen-bond donors (Lipinski definition) is 1. The fourth-order valence-electron chi connectivity index (χ4n) is 1.24. The van der Waals surface area contributed by atoms with Gasteiger partial charge in [-0.1, -0.05) is 23.2 Å². The van der Waals surface area contributed by atoms with Crippen LogP contribution in [-0.4, -0.2) is 20.9 Å². The van der Waals surface area contributed by atoms with Crippen LogP contribution in [0.1, 0.15) is 16.1 Å². The Morgan fingerprint density at radius 1 is 1.33 bits per heavy atom. The van der Waals surface area contributed by atoms with Crippen LogP contribution in [0.2, 0.25) is 10.2 Å². The summed E-state index contributed by atoms with van der Waals surface area (Å²) in [5, 5.41) is 3.10. The van der Waals surface area contributed by atoms with Gasteiger partial charge >= 0.3 is 0 Å². The average Bonchev–Trinajstić information content (AvgIpc) is 2.40. The predicted molar refractivity (Wildman–Crippen MR) is 67.5 cm³/mol. The fourth-order valence-corrected chi connectivity index (χ4v) is 1.51. The molecule has 5 nitrogen and oxygen atoms in total. The van der Waals surface area contributed by atoms with E-state index in [4.69, 9.17) is 23.2 Å². The quantitative estimate of drug-likeness (QED) is 0.876. The molecule has 0 bridgehead atoms. The molecular formula is C11H8Cl2N4O. The Hall–Kier alpha value is -1.72. The van der Waals surface area contributed by atoms with Crippen molar-refractivity contribution < 1.29 is 4.79 Å². The van der Waals surface area contributed by atoms with Crippen molar-refractivity contribution in [2.24, 2.45) is 0 Å². The molecule has 0 aliphatic carbocycles. The molecular weight excluding hydrogens is 275 g/mol. The topological polar surface area (TPSA) is 67.8 Å². The van der Waals surface area contributed by atoms with Crippen molar-refractivity contribution in [1.82, 2.24) is 20.3 Å². The van der Waals surface area contributed by atoms with Crippen molar-refractivity contribution in [3.8, 4) is 0 Å². The van der Waals surface area contributed by atoms with Crippen molar-refractivity contribution >= 4 is 29.1 Å². The number of halogens is 2. The summed E-state index contributed by atoms with van der Waals surface area (Å²) in [7, 11) is 0. The minimum Gasteiger partial charge on any atom is -0.346 e. The second kappa shape index (κ2) is 5.75. The van der Waals surface area contributed by atoms with Gasteiger partial charge in [-0.3, -0.25) is 4.79 Å². The highest BCUT2D eigenvalue weighted by molar-refractivity contribution is 6.41. The molecule has 0 aliphatic heterocycles. The van der Waals surface area contributed by atoms with Gasteiger partial charge in [-0.05, 0) is 12.1 Å². The molecule has 0 atom stereocenters. The fraction of sp³-hybridized carbons (Fsp3) is 0.0909. The van der Waals surface area contributed by atoms with Gasteiger partial charge in [0, 0.05) is 12.4 Å². The first-order valence-corrected chi connectivity index (χ1v) is 5.76. The summed E-state index contributed by atoms with van der Waals surface area (Å²) in [5.74, 6) is -0.292. The number of aromatic nitrogens is 3. The maximum absolute atomic E-state index is 11.8. The van der Waals surface area contributed by atoms with E-state index >= 15 is 0 Å². The second-order valence-electron chi connectivity index (χ2n) is 3.38. The summed E-state index contributed by atoms with van der Waals surface area (Å²) in [4.78, 5) is 23.4. The molecule has 0 saturated heterocycles. The maximum Gasteiger partial charge on any atom is 0.253 e. The number of nitrogens with zero attached hydrogens (tertiary/aromatic N) is 3. The molecule has 0 radical (unpaired) electrons. The molecule has 2 heterocycles. The summed E-state index contributed by atoms with van der Waals surface area (Å²) in [5.41, 5.74) is 1.06. The lowest BCUT2D eigenvalue weighted by Crippen LogP contribution is -2.23. The standard InChI is InChI=1S/C11H8Cl2N4O/c12-9-3-7(4-15-10(9)13)11(18)16-5-8-1-2-14-6-17-8/h1-4,6H,5H2,(H,16,18). The van der Waals surface area contributed by atoms with Gasteiger partial charge in [0.05, 0.1) is 22.8 Å². The van der Waals surface area contributed by atoms with Gasteiger partial charge < -0.3 is 5.32 Å². The molecule has 0 fully saturated rings. The van der Waals surface area contributed by atoms with Crippen LogP contribution in [0.25, 0.3) is 0 Å². The van der Waals surface area contributed by atoms with Crippen LogP contribution in [0.15, 0.2) is 30.9 Å². The van der Waals surface area contributed by atoms with Gasteiger partial charge in [-0.15, -0.1) is 0 Å². The number of rotatable bonds is 3. The van der Waals surface area contributed by atoms with Gasteiger partial charge in [0.25, 0.3) is 5.91 Å². The Morgan fingerprint density at radius 2 is 2.17 bits per heavy atom.